The molecule has 0 aliphatic carbocycles. The Morgan fingerprint density at radius 3 is 2.16 bits per heavy atom. The summed E-state index contributed by atoms with van der Waals surface area (Å²) >= 11 is 0. The molecule has 2 aromatic rings. The van der Waals surface area contributed by atoms with Gasteiger partial charge in [-0.3, -0.25) is 9.59 Å². The fourth-order valence-electron chi connectivity index (χ4n) is 2.29. The Morgan fingerprint density at radius 1 is 0.960 bits per heavy atom. The lowest BCUT2D eigenvalue weighted by molar-refractivity contribution is 0.0933. The van der Waals surface area contributed by atoms with Crippen LogP contribution in [0.4, 0.5) is 5.69 Å². The van der Waals surface area contributed by atoms with E-state index < -0.39 is 5.91 Å². The van der Waals surface area contributed by atoms with Gasteiger partial charge in [0.15, 0.2) is 11.4 Å². The van der Waals surface area contributed by atoms with Crippen LogP contribution in [0, 0.1) is 27.7 Å². The molecule has 0 fully saturated rings. The van der Waals surface area contributed by atoms with E-state index >= 15 is 0 Å². The molecule has 0 atom stereocenters. The molecule has 6 nitrogen and oxygen atoms in total. The van der Waals surface area contributed by atoms with Gasteiger partial charge in [0.25, 0.3) is 11.8 Å². The van der Waals surface area contributed by atoms with E-state index in [0.717, 1.165) is 17.5 Å². The van der Waals surface area contributed by atoms with Crippen LogP contribution in [0.5, 0.6) is 0 Å². The van der Waals surface area contributed by atoms with E-state index in [1.165, 1.54) is 0 Å². The zero-order chi connectivity index (χ0) is 18.6. The number of anilines is 1. The molecule has 1 aromatic heterocycles. The lowest BCUT2D eigenvalue weighted by atomic mass is 10.1. The van der Waals surface area contributed by atoms with E-state index in [4.69, 9.17) is 0 Å². The molecule has 0 radical (unpaired) electrons. The molecule has 1 heterocycles. The average Bonchev–Trinajstić information content (AvgIpc) is 2.57. The molecule has 2 rings (SSSR count). The van der Waals surface area contributed by atoms with Crippen LogP contribution in [0.25, 0.3) is 0 Å². The number of hydrogen-bond acceptors (Lipinski definition) is 4. The van der Waals surface area contributed by atoms with Crippen molar-refractivity contribution < 1.29 is 9.59 Å². The molecule has 132 valence electrons. The third-order valence-electron chi connectivity index (χ3n) is 3.91. The van der Waals surface area contributed by atoms with Gasteiger partial charge in [-0.2, -0.15) is 0 Å². The van der Waals surface area contributed by atoms with Crippen molar-refractivity contribution in [3.05, 3.63) is 52.1 Å². The number of carbonyl (C=O) groups excluding carboxylic acids is 2. The summed E-state index contributed by atoms with van der Waals surface area (Å²) < 4.78 is 0. The Morgan fingerprint density at radius 2 is 1.56 bits per heavy atom. The lowest BCUT2D eigenvalue weighted by Gasteiger charge is -2.13. The summed E-state index contributed by atoms with van der Waals surface area (Å²) in [6.07, 6.45) is 0.800. The van der Waals surface area contributed by atoms with Crippen molar-refractivity contribution in [1.29, 1.82) is 0 Å². The minimum absolute atomic E-state index is 0.0395. The van der Waals surface area contributed by atoms with Gasteiger partial charge in [-0.1, -0.05) is 19.1 Å². The highest BCUT2D eigenvalue weighted by atomic mass is 16.2. The maximum Gasteiger partial charge on any atom is 0.276 e. The highest BCUT2D eigenvalue weighted by Crippen LogP contribution is 2.18. The van der Waals surface area contributed by atoms with E-state index in [1.807, 2.05) is 39.0 Å². The molecule has 0 aliphatic heterocycles. The van der Waals surface area contributed by atoms with Crippen molar-refractivity contribution >= 4 is 17.5 Å². The van der Waals surface area contributed by atoms with E-state index in [0.29, 0.717) is 23.6 Å². The Kier molecular flexibility index (Phi) is 5.85. The highest BCUT2D eigenvalue weighted by Gasteiger charge is 2.22. The first-order valence-electron chi connectivity index (χ1n) is 8.35. The number of benzene rings is 1. The Labute approximate surface area is 148 Å². The third kappa shape index (κ3) is 4.41. The summed E-state index contributed by atoms with van der Waals surface area (Å²) in [6.45, 7) is 9.88. The van der Waals surface area contributed by atoms with Crippen LogP contribution in [0.15, 0.2) is 18.2 Å². The quantitative estimate of drug-likeness (QED) is 0.876. The summed E-state index contributed by atoms with van der Waals surface area (Å²) in [6, 6.07) is 5.80. The van der Waals surface area contributed by atoms with Crippen molar-refractivity contribution in [2.75, 3.05) is 11.9 Å². The second kappa shape index (κ2) is 7.88. The summed E-state index contributed by atoms with van der Waals surface area (Å²) in [5, 5.41) is 5.60. The number of aryl methyl sites for hydroxylation is 4. The van der Waals surface area contributed by atoms with Crippen LogP contribution in [0.1, 0.15) is 56.8 Å². The number of carbonyl (C=O) groups is 2. The van der Waals surface area contributed by atoms with Gasteiger partial charge in [0.1, 0.15) is 0 Å². The molecule has 0 saturated heterocycles. The maximum absolute atomic E-state index is 12.7. The van der Waals surface area contributed by atoms with Gasteiger partial charge in [-0.05, 0) is 51.3 Å². The van der Waals surface area contributed by atoms with Crippen LogP contribution >= 0.6 is 0 Å². The van der Waals surface area contributed by atoms with Crippen LogP contribution < -0.4 is 10.6 Å². The van der Waals surface area contributed by atoms with Crippen molar-refractivity contribution in [2.45, 2.75) is 41.0 Å². The first-order chi connectivity index (χ1) is 11.8. The minimum Gasteiger partial charge on any atom is -0.351 e. The molecule has 2 N–H and O–H groups in total. The zero-order valence-electron chi connectivity index (χ0n) is 15.4. The van der Waals surface area contributed by atoms with E-state index in [2.05, 4.69) is 20.6 Å². The Bertz CT molecular complexity index is 815. The largest absolute Gasteiger partial charge is 0.351 e. The molecule has 0 spiro atoms. The Hall–Kier alpha value is -2.76. The van der Waals surface area contributed by atoms with Gasteiger partial charge in [0.05, 0.1) is 11.4 Å². The van der Waals surface area contributed by atoms with E-state index in [-0.39, 0.29) is 17.3 Å². The fourth-order valence-corrected chi connectivity index (χ4v) is 2.29. The predicted molar refractivity (Wildman–Crippen MR) is 98.0 cm³/mol. The number of rotatable bonds is 5. The van der Waals surface area contributed by atoms with Gasteiger partial charge in [0.2, 0.25) is 0 Å². The van der Waals surface area contributed by atoms with Crippen LogP contribution in [0.3, 0.4) is 0 Å². The van der Waals surface area contributed by atoms with Gasteiger partial charge in [-0.25, -0.2) is 9.97 Å². The predicted octanol–water partition coefficient (Wildman–Crippen LogP) is 3.10. The van der Waals surface area contributed by atoms with Gasteiger partial charge >= 0.3 is 0 Å². The highest BCUT2D eigenvalue weighted by molar-refractivity contribution is 6.10. The molecule has 0 unspecified atom stereocenters. The number of nitrogens with zero attached hydrogens (tertiary/aromatic N) is 2. The second-order valence-electron chi connectivity index (χ2n) is 6.12. The second-order valence-corrected chi connectivity index (χ2v) is 6.12. The fraction of sp³-hybridized carbons (Fsp3) is 0.368. The molecular weight excluding hydrogens is 316 g/mol. The summed E-state index contributed by atoms with van der Waals surface area (Å²) in [5.74, 6) is -0.825. The first-order valence-corrected chi connectivity index (χ1v) is 8.35. The number of amides is 2. The summed E-state index contributed by atoms with van der Waals surface area (Å²) in [7, 11) is 0. The van der Waals surface area contributed by atoms with Crippen LogP contribution in [-0.2, 0) is 0 Å². The van der Waals surface area contributed by atoms with Gasteiger partial charge < -0.3 is 10.6 Å². The standard InChI is InChI=1S/C19H24N4O2/c1-6-9-20-18(24)16-17(22-14(5)13(4)21-16)19(25)23-15-10-11(2)7-8-12(15)3/h7-8,10H,6,9H2,1-5H3,(H,20,24)(H,23,25). The van der Waals surface area contributed by atoms with E-state index in [9.17, 15) is 9.59 Å². The molecular formula is C19H24N4O2. The summed E-state index contributed by atoms with van der Waals surface area (Å²) in [5.41, 5.74) is 4.02. The molecule has 0 saturated carbocycles. The molecule has 6 heteroatoms. The molecule has 0 aliphatic rings. The smallest absolute Gasteiger partial charge is 0.276 e. The monoisotopic (exact) mass is 340 g/mol. The minimum atomic E-state index is -0.439. The summed E-state index contributed by atoms with van der Waals surface area (Å²) in [4.78, 5) is 33.7. The number of nitrogens with one attached hydrogen (secondary N) is 2. The zero-order valence-corrected chi connectivity index (χ0v) is 15.4. The maximum atomic E-state index is 12.7. The number of hydrogen-bond donors (Lipinski definition) is 2. The van der Waals surface area contributed by atoms with E-state index in [1.54, 1.807) is 13.8 Å². The topological polar surface area (TPSA) is 84.0 Å². The normalized spacial score (nSPS) is 10.4. The Balaban J connectivity index is 2.39. The van der Waals surface area contributed by atoms with Crippen molar-refractivity contribution in [3.8, 4) is 0 Å². The van der Waals surface area contributed by atoms with Gasteiger partial charge in [0, 0.05) is 12.2 Å². The van der Waals surface area contributed by atoms with Crippen molar-refractivity contribution in [1.82, 2.24) is 15.3 Å². The van der Waals surface area contributed by atoms with Gasteiger partial charge in [-0.15, -0.1) is 0 Å². The molecule has 25 heavy (non-hydrogen) atoms. The SMILES string of the molecule is CCCNC(=O)c1nc(C)c(C)nc1C(=O)Nc1cc(C)ccc1C. The molecule has 2 amide bonds. The van der Waals surface area contributed by atoms with Crippen LogP contribution in [-0.4, -0.2) is 28.3 Å². The average molecular weight is 340 g/mol. The lowest BCUT2D eigenvalue weighted by Crippen LogP contribution is -2.30. The molecule has 1 aromatic carbocycles. The van der Waals surface area contributed by atoms with Crippen molar-refractivity contribution in [2.24, 2.45) is 0 Å². The van der Waals surface area contributed by atoms with Crippen LogP contribution in [0.2, 0.25) is 0 Å². The third-order valence-corrected chi connectivity index (χ3v) is 3.91. The first kappa shape index (κ1) is 18.6. The number of aromatic nitrogens is 2. The van der Waals surface area contributed by atoms with Crippen molar-refractivity contribution in [3.63, 3.8) is 0 Å². The molecule has 0 bridgehead atoms.